The molecule has 0 aliphatic carbocycles. The van der Waals surface area contributed by atoms with Gasteiger partial charge in [-0.25, -0.2) is 9.97 Å². The molecule has 14 heavy (non-hydrogen) atoms. The Morgan fingerprint density at radius 1 is 1.29 bits per heavy atom. The number of nitrogens with zero attached hydrogens (tertiary/aromatic N) is 2. The van der Waals surface area contributed by atoms with Crippen LogP contribution in [0.3, 0.4) is 0 Å². The van der Waals surface area contributed by atoms with Crippen molar-refractivity contribution in [1.82, 2.24) is 9.97 Å². The highest BCUT2D eigenvalue weighted by Gasteiger charge is 2.12. The third-order valence-electron chi connectivity index (χ3n) is 2.31. The van der Waals surface area contributed by atoms with Crippen molar-refractivity contribution in [3.63, 3.8) is 0 Å². The molecule has 1 atom stereocenters. The monoisotopic (exact) mass is 211 g/mol. The number of thioether (sulfide) groups is 1. The van der Waals surface area contributed by atoms with Gasteiger partial charge >= 0.3 is 0 Å². The molecule has 0 bridgehead atoms. The number of nitrogen functional groups attached to an aromatic ring is 1. The third-order valence-corrected chi connectivity index (χ3v) is 3.86. The van der Waals surface area contributed by atoms with Crippen molar-refractivity contribution in [2.45, 2.75) is 38.0 Å². The minimum atomic E-state index is 0.544. The van der Waals surface area contributed by atoms with Gasteiger partial charge in [-0.3, -0.25) is 0 Å². The van der Waals surface area contributed by atoms with Gasteiger partial charge in [-0.15, -0.1) is 11.8 Å². The molecule has 0 aliphatic rings. The van der Waals surface area contributed by atoms with Crippen LogP contribution in [0.2, 0.25) is 0 Å². The number of anilines is 1. The lowest BCUT2D eigenvalue weighted by atomic mass is 10.2. The van der Waals surface area contributed by atoms with Gasteiger partial charge in [0.1, 0.15) is 17.2 Å². The first-order chi connectivity index (χ1) is 6.52. The molecule has 1 aromatic heterocycles. The Morgan fingerprint density at radius 3 is 2.50 bits per heavy atom. The Kier molecular flexibility index (Phi) is 3.75. The molecule has 0 radical (unpaired) electrons. The topological polar surface area (TPSA) is 51.8 Å². The van der Waals surface area contributed by atoms with Crippen molar-refractivity contribution in [3.05, 3.63) is 11.9 Å². The first-order valence-electron chi connectivity index (χ1n) is 4.76. The maximum Gasteiger partial charge on any atom is 0.130 e. The average Bonchev–Trinajstić information content (AvgIpc) is 2.12. The van der Waals surface area contributed by atoms with Crippen LogP contribution in [-0.2, 0) is 0 Å². The zero-order valence-corrected chi connectivity index (χ0v) is 9.93. The molecule has 0 fully saturated rings. The quantitative estimate of drug-likeness (QED) is 0.616. The second-order valence-electron chi connectivity index (χ2n) is 3.76. The van der Waals surface area contributed by atoms with Gasteiger partial charge in [0.05, 0.1) is 0 Å². The summed E-state index contributed by atoms with van der Waals surface area (Å²) in [5, 5.41) is 1.54. The van der Waals surface area contributed by atoms with E-state index in [9.17, 15) is 0 Å². The molecule has 0 saturated heterocycles. The summed E-state index contributed by atoms with van der Waals surface area (Å²) >= 11 is 1.76. The lowest BCUT2D eigenvalue weighted by Gasteiger charge is -2.15. The fourth-order valence-corrected chi connectivity index (χ4v) is 1.89. The van der Waals surface area contributed by atoms with E-state index in [0.29, 0.717) is 17.0 Å². The number of rotatable bonds is 3. The number of hydrogen-bond donors (Lipinski definition) is 1. The normalized spacial score (nSPS) is 13.2. The smallest absolute Gasteiger partial charge is 0.130 e. The standard InChI is InChI=1S/C10H17N3S/c1-6(2)8(4)14-10-7(3)9(11)12-5-13-10/h5-6,8H,1-4H3,(H2,11,12,13). The lowest BCUT2D eigenvalue weighted by Crippen LogP contribution is -2.07. The molecule has 2 N–H and O–H groups in total. The highest BCUT2D eigenvalue weighted by Crippen LogP contribution is 2.29. The first kappa shape index (κ1) is 11.3. The molecule has 3 nitrogen and oxygen atoms in total. The van der Waals surface area contributed by atoms with Crippen molar-refractivity contribution >= 4 is 17.6 Å². The minimum absolute atomic E-state index is 0.544. The maximum absolute atomic E-state index is 5.71. The second-order valence-corrected chi connectivity index (χ2v) is 5.12. The van der Waals surface area contributed by atoms with E-state index in [1.165, 1.54) is 6.33 Å². The van der Waals surface area contributed by atoms with E-state index >= 15 is 0 Å². The van der Waals surface area contributed by atoms with E-state index in [2.05, 4.69) is 30.7 Å². The SMILES string of the molecule is Cc1c(N)ncnc1SC(C)C(C)C. The molecule has 1 heterocycles. The summed E-state index contributed by atoms with van der Waals surface area (Å²) in [6, 6.07) is 0. The van der Waals surface area contributed by atoms with Crippen molar-refractivity contribution < 1.29 is 0 Å². The van der Waals surface area contributed by atoms with Crippen LogP contribution in [0, 0.1) is 12.8 Å². The second kappa shape index (κ2) is 4.64. The highest BCUT2D eigenvalue weighted by molar-refractivity contribution is 7.99. The van der Waals surface area contributed by atoms with Crippen LogP contribution in [0.1, 0.15) is 26.3 Å². The van der Waals surface area contributed by atoms with Crippen molar-refractivity contribution in [2.75, 3.05) is 5.73 Å². The van der Waals surface area contributed by atoms with Crippen LogP contribution in [0.25, 0.3) is 0 Å². The van der Waals surface area contributed by atoms with Crippen LogP contribution in [-0.4, -0.2) is 15.2 Å². The van der Waals surface area contributed by atoms with E-state index in [1.807, 2.05) is 6.92 Å². The third kappa shape index (κ3) is 2.61. The van der Waals surface area contributed by atoms with Gasteiger partial charge in [-0.1, -0.05) is 20.8 Å². The fraction of sp³-hybridized carbons (Fsp3) is 0.600. The summed E-state index contributed by atoms with van der Waals surface area (Å²) < 4.78 is 0. The molecule has 1 aromatic rings. The fourth-order valence-electron chi connectivity index (χ4n) is 0.878. The van der Waals surface area contributed by atoms with E-state index in [4.69, 9.17) is 5.73 Å². The molecule has 0 spiro atoms. The molecule has 1 unspecified atom stereocenters. The maximum atomic E-state index is 5.71. The van der Waals surface area contributed by atoms with Crippen LogP contribution in [0.5, 0.6) is 0 Å². The van der Waals surface area contributed by atoms with E-state index in [1.54, 1.807) is 11.8 Å². The molecule has 0 aliphatic heterocycles. The van der Waals surface area contributed by atoms with E-state index in [-0.39, 0.29) is 0 Å². The summed E-state index contributed by atoms with van der Waals surface area (Å²) in [6.45, 7) is 8.58. The van der Waals surface area contributed by atoms with Gasteiger partial charge in [-0.2, -0.15) is 0 Å². The number of hydrogen-bond acceptors (Lipinski definition) is 4. The zero-order valence-electron chi connectivity index (χ0n) is 9.11. The Balaban J connectivity index is 2.82. The van der Waals surface area contributed by atoms with E-state index in [0.717, 1.165) is 10.6 Å². The largest absolute Gasteiger partial charge is 0.383 e. The first-order valence-corrected chi connectivity index (χ1v) is 5.64. The van der Waals surface area contributed by atoms with Gasteiger partial charge in [0.2, 0.25) is 0 Å². The molecular weight excluding hydrogens is 194 g/mol. The Morgan fingerprint density at radius 2 is 1.93 bits per heavy atom. The molecular formula is C10H17N3S. The predicted octanol–water partition coefficient (Wildman–Crippen LogP) is 2.50. The number of nitrogens with two attached hydrogens (primary N) is 1. The summed E-state index contributed by atoms with van der Waals surface area (Å²) in [5.41, 5.74) is 6.70. The van der Waals surface area contributed by atoms with Gasteiger partial charge in [-0.05, 0) is 12.8 Å². The Hall–Kier alpha value is -0.770. The molecule has 1 rings (SSSR count). The van der Waals surface area contributed by atoms with Crippen LogP contribution in [0.15, 0.2) is 11.4 Å². The predicted molar refractivity (Wildman–Crippen MR) is 61.3 cm³/mol. The molecule has 78 valence electrons. The van der Waals surface area contributed by atoms with Gasteiger partial charge < -0.3 is 5.73 Å². The summed E-state index contributed by atoms with van der Waals surface area (Å²) in [6.07, 6.45) is 1.53. The highest BCUT2D eigenvalue weighted by atomic mass is 32.2. The van der Waals surface area contributed by atoms with Crippen molar-refractivity contribution in [3.8, 4) is 0 Å². The van der Waals surface area contributed by atoms with Gasteiger partial charge in [0, 0.05) is 10.8 Å². The van der Waals surface area contributed by atoms with Crippen LogP contribution < -0.4 is 5.73 Å². The van der Waals surface area contributed by atoms with Crippen molar-refractivity contribution in [2.24, 2.45) is 5.92 Å². The van der Waals surface area contributed by atoms with E-state index < -0.39 is 0 Å². The van der Waals surface area contributed by atoms with Crippen LogP contribution in [0.4, 0.5) is 5.82 Å². The molecule has 0 saturated carbocycles. The molecule has 0 amide bonds. The molecule has 0 aromatic carbocycles. The van der Waals surface area contributed by atoms with Crippen molar-refractivity contribution in [1.29, 1.82) is 0 Å². The summed E-state index contributed by atoms with van der Waals surface area (Å²) in [5.74, 6) is 1.22. The number of aromatic nitrogens is 2. The Labute approximate surface area is 89.5 Å². The minimum Gasteiger partial charge on any atom is -0.383 e. The summed E-state index contributed by atoms with van der Waals surface area (Å²) in [7, 11) is 0. The summed E-state index contributed by atoms with van der Waals surface area (Å²) in [4.78, 5) is 8.18. The van der Waals surface area contributed by atoms with Crippen LogP contribution >= 0.6 is 11.8 Å². The zero-order chi connectivity index (χ0) is 10.7. The van der Waals surface area contributed by atoms with Gasteiger partial charge in [0.25, 0.3) is 0 Å². The Bertz CT molecular complexity index is 312. The lowest BCUT2D eigenvalue weighted by molar-refractivity contribution is 0.641. The average molecular weight is 211 g/mol. The van der Waals surface area contributed by atoms with Gasteiger partial charge in [0.15, 0.2) is 0 Å². The molecule has 4 heteroatoms.